The molecule has 4 rings (SSSR count). The average molecular weight is 507 g/mol. The first kappa shape index (κ1) is 20.1. The van der Waals surface area contributed by atoms with E-state index in [2.05, 4.69) is 5.10 Å². The summed E-state index contributed by atoms with van der Waals surface area (Å²) >= 11 is 5.98. The number of carbonyl (C=O) groups is 1. The predicted octanol–water partition coefficient (Wildman–Crippen LogP) is -0.233. The number of benzene rings is 3. The lowest BCUT2D eigenvalue weighted by Gasteiger charge is -2.22. The number of nitrogens with two attached hydrogens (primary N) is 1. The van der Waals surface area contributed by atoms with E-state index in [0.29, 0.717) is 16.5 Å². The average Bonchev–Trinajstić information content (AvgIpc) is 3.14. The first-order valence-electron chi connectivity index (χ1n) is 8.29. The molecule has 0 unspecified atom stereocenters. The molecule has 0 aliphatic carbocycles. The molecule has 1 heterocycles. The van der Waals surface area contributed by atoms with Crippen LogP contribution in [-0.2, 0) is 0 Å². The Morgan fingerprint density at radius 3 is 2.25 bits per heavy atom. The van der Waals surface area contributed by atoms with E-state index in [0.717, 1.165) is 5.56 Å². The van der Waals surface area contributed by atoms with Crippen LogP contribution >= 0.6 is 11.6 Å². The largest absolute Gasteiger partial charge is 1.00 e. The molecule has 28 heavy (non-hydrogen) atoms. The van der Waals surface area contributed by atoms with Crippen LogP contribution in [0.5, 0.6) is 5.75 Å². The molecular weight excluding hydrogens is 491 g/mol. The van der Waals surface area contributed by atoms with Crippen molar-refractivity contribution < 1.29 is 39.3 Å². The summed E-state index contributed by atoms with van der Waals surface area (Å²) in [5.74, 6) is 0.159. The first-order chi connectivity index (χ1) is 13.1. The van der Waals surface area contributed by atoms with Gasteiger partial charge in [0.25, 0.3) is 5.84 Å². The smallest absolute Gasteiger partial charge is 0.328 e. The topological polar surface area (TPSA) is 72.7 Å². The number of hydrogen-bond acceptors (Lipinski definition) is 4. The van der Waals surface area contributed by atoms with Crippen LogP contribution in [0.15, 0.2) is 84.0 Å². The molecule has 3 aromatic rings. The van der Waals surface area contributed by atoms with Gasteiger partial charge in [-0.25, -0.2) is 0 Å². The summed E-state index contributed by atoms with van der Waals surface area (Å²) in [6.07, 6.45) is 0. The van der Waals surface area contributed by atoms with E-state index in [4.69, 9.17) is 11.6 Å². The molecule has 0 bridgehead atoms. The number of phenolic OH excluding ortho intramolecular Hbond substituents is 1. The third kappa shape index (κ3) is 3.96. The van der Waals surface area contributed by atoms with Gasteiger partial charge in [-0.3, -0.25) is 4.79 Å². The van der Waals surface area contributed by atoms with Crippen LogP contribution in [0.4, 0.5) is 5.69 Å². The lowest BCUT2D eigenvalue weighted by atomic mass is 10.2. The van der Waals surface area contributed by atoms with Crippen LogP contribution in [0.3, 0.4) is 0 Å². The van der Waals surface area contributed by atoms with E-state index in [-0.39, 0.29) is 35.3 Å². The van der Waals surface area contributed by atoms with Crippen LogP contribution < -0.4 is 34.5 Å². The quantitative estimate of drug-likeness (QED) is 0.293. The van der Waals surface area contributed by atoms with Crippen molar-refractivity contribution in [3.8, 4) is 5.75 Å². The van der Waals surface area contributed by atoms with Crippen molar-refractivity contribution in [3.05, 3.63) is 95.0 Å². The third-order valence-electron chi connectivity index (χ3n) is 4.12. The number of aromatic hydroxyl groups is 1. The number of anilines is 1. The fraction of sp³-hybridized carbons (Fsp3) is 0. The second-order valence-corrected chi connectivity index (χ2v) is 6.35. The normalized spacial score (nSPS) is 13.1. The lowest BCUT2D eigenvalue weighted by Crippen LogP contribution is -3.00. The van der Waals surface area contributed by atoms with Gasteiger partial charge in [0.15, 0.2) is 0 Å². The van der Waals surface area contributed by atoms with Gasteiger partial charge >= 0.3 is 5.91 Å². The highest BCUT2D eigenvalue weighted by molar-refractivity contribution is 6.30. The second-order valence-electron chi connectivity index (χ2n) is 5.91. The predicted molar refractivity (Wildman–Crippen MR) is 103 cm³/mol. The van der Waals surface area contributed by atoms with Gasteiger partial charge in [-0.1, -0.05) is 52.2 Å². The molecule has 1 aliphatic rings. The summed E-state index contributed by atoms with van der Waals surface area (Å²) in [5.41, 5.74) is 3.39. The summed E-state index contributed by atoms with van der Waals surface area (Å²) in [7, 11) is 0. The number of hydrazine groups is 1. The summed E-state index contributed by atoms with van der Waals surface area (Å²) in [6, 6.07) is 23.0. The zero-order valence-corrected chi connectivity index (χ0v) is 17.4. The molecule has 0 fully saturated rings. The van der Waals surface area contributed by atoms with Gasteiger partial charge in [-0.2, -0.15) is 5.43 Å². The zero-order valence-electron chi connectivity index (χ0n) is 14.5. The van der Waals surface area contributed by atoms with Crippen molar-refractivity contribution in [3.63, 3.8) is 0 Å². The van der Waals surface area contributed by atoms with Gasteiger partial charge < -0.3 is 29.1 Å². The Hall–Kier alpha value is -2.62. The molecule has 0 saturated carbocycles. The lowest BCUT2D eigenvalue weighted by molar-refractivity contribution is -0.681. The summed E-state index contributed by atoms with van der Waals surface area (Å²) in [5, 5.41) is 18.1. The van der Waals surface area contributed by atoms with Gasteiger partial charge in [-0.15, -0.1) is 5.12 Å². The number of phenols is 1. The standard InChI is InChI=1S/C20H15ClN4O2.HI/c21-15-10-12-16(13-11-15)24-22-19(14-6-2-1-3-7-14)23-25(24)20(27)17-8-4-5-9-18(17)26;/h1-13,26H,(H,22,23);1H. The first-order valence-corrected chi connectivity index (χ1v) is 8.67. The van der Waals surface area contributed by atoms with Crippen molar-refractivity contribution in [2.45, 2.75) is 0 Å². The van der Waals surface area contributed by atoms with Crippen molar-refractivity contribution >= 4 is 29.0 Å². The number of hydrogen-bond donors (Lipinski definition) is 2. The van der Waals surface area contributed by atoms with Crippen molar-refractivity contribution in [1.82, 2.24) is 5.12 Å². The third-order valence-corrected chi connectivity index (χ3v) is 4.37. The number of hydrazone groups is 1. The van der Waals surface area contributed by atoms with Gasteiger partial charge in [0.05, 0.1) is 16.8 Å². The Morgan fingerprint density at radius 2 is 1.57 bits per heavy atom. The van der Waals surface area contributed by atoms with Crippen molar-refractivity contribution in [1.29, 1.82) is 0 Å². The molecule has 0 saturated heterocycles. The minimum atomic E-state index is -0.391. The van der Waals surface area contributed by atoms with Crippen molar-refractivity contribution in [2.75, 3.05) is 5.12 Å². The number of rotatable bonds is 3. The Balaban J connectivity index is 0.00000225. The summed E-state index contributed by atoms with van der Waals surface area (Å²) < 4.78 is 0. The number of amidine groups is 1. The highest BCUT2D eigenvalue weighted by atomic mass is 127. The van der Waals surface area contributed by atoms with Crippen LogP contribution in [-0.4, -0.2) is 22.0 Å². The fourth-order valence-corrected chi connectivity index (χ4v) is 2.89. The van der Waals surface area contributed by atoms with E-state index < -0.39 is 5.91 Å². The molecule has 0 aromatic heterocycles. The van der Waals surface area contributed by atoms with Gasteiger partial charge in [0.2, 0.25) is 0 Å². The number of halogens is 2. The van der Waals surface area contributed by atoms with Gasteiger partial charge in [-0.05, 0) is 48.5 Å². The summed E-state index contributed by atoms with van der Waals surface area (Å²) in [4.78, 5) is 13.1. The van der Waals surface area contributed by atoms with Crippen LogP contribution in [0.1, 0.15) is 15.9 Å². The molecule has 8 heteroatoms. The van der Waals surface area contributed by atoms with E-state index in [1.165, 1.54) is 16.3 Å². The monoisotopic (exact) mass is 506 g/mol. The van der Waals surface area contributed by atoms with Gasteiger partial charge in [0, 0.05) is 5.02 Å². The molecule has 0 atom stereocenters. The molecule has 0 spiro atoms. The Morgan fingerprint density at radius 1 is 0.929 bits per heavy atom. The van der Waals surface area contributed by atoms with Crippen LogP contribution in [0, 0.1) is 0 Å². The Labute approximate surface area is 184 Å². The van der Waals surface area contributed by atoms with E-state index in [9.17, 15) is 9.90 Å². The zero-order chi connectivity index (χ0) is 18.8. The molecule has 1 aliphatic heterocycles. The number of nitrogens with zero attached hydrogens (tertiary/aromatic N) is 3. The van der Waals surface area contributed by atoms with E-state index in [1.807, 2.05) is 30.3 Å². The second kappa shape index (κ2) is 8.59. The van der Waals surface area contributed by atoms with Crippen LogP contribution in [0.25, 0.3) is 0 Å². The number of quaternary nitrogens is 1. The summed E-state index contributed by atoms with van der Waals surface area (Å²) in [6.45, 7) is 0. The van der Waals surface area contributed by atoms with Gasteiger partial charge in [0.1, 0.15) is 5.75 Å². The SMILES string of the molecule is O=C(c1ccccc1O)N1[NH2+]C(c2ccccc2)=NN1c1ccc(Cl)cc1.[I-]. The molecule has 3 aromatic carbocycles. The number of carbonyl (C=O) groups excluding carboxylic acids is 1. The Kier molecular flexibility index (Phi) is 6.18. The molecule has 0 radical (unpaired) electrons. The number of para-hydroxylation sites is 1. The van der Waals surface area contributed by atoms with E-state index >= 15 is 0 Å². The Bertz CT molecular complexity index is 1010. The maximum Gasteiger partial charge on any atom is 0.328 e. The maximum absolute atomic E-state index is 13.1. The number of amides is 1. The van der Waals surface area contributed by atoms with Crippen LogP contribution in [0.2, 0.25) is 5.02 Å². The highest BCUT2D eigenvalue weighted by Gasteiger charge is 2.36. The van der Waals surface area contributed by atoms with E-state index in [1.54, 1.807) is 47.9 Å². The van der Waals surface area contributed by atoms with Crippen molar-refractivity contribution in [2.24, 2.45) is 5.10 Å². The molecule has 6 nitrogen and oxygen atoms in total. The fourth-order valence-electron chi connectivity index (χ4n) is 2.77. The maximum atomic E-state index is 13.1. The minimum absolute atomic E-state index is 0. The molecule has 142 valence electrons. The molecule has 3 N–H and O–H groups in total. The molecule has 1 amide bonds. The molecular formula is C20H16ClIN4O2. The highest BCUT2D eigenvalue weighted by Crippen LogP contribution is 2.24. The minimum Gasteiger partial charge on any atom is -1.00 e.